The van der Waals surface area contributed by atoms with Gasteiger partial charge in [0.1, 0.15) is 11.3 Å². The molecule has 3 heteroatoms. The Morgan fingerprint density at radius 2 is 2.00 bits per heavy atom. The van der Waals surface area contributed by atoms with E-state index in [2.05, 4.69) is 29.5 Å². The van der Waals surface area contributed by atoms with Crippen molar-refractivity contribution in [1.82, 2.24) is 14.5 Å². The molecule has 1 aliphatic rings. The van der Waals surface area contributed by atoms with E-state index in [0.29, 0.717) is 12.0 Å². The summed E-state index contributed by atoms with van der Waals surface area (Å²) in [4.78, 5) is 9.35. The van der Waals surface area contributed by atoms with Crippen LogP contribution in [0.4, 0.5) is 0 Å². The number of rotatable bonds is 2. The van der Waals surface area contributed by atoms with Crippen LogP contribution in [0.25, 0.3) is 11.2 Å². The Labute approximate surface area is 108 Å². The van der Waals surface area contributed by atoms with Crippen molar-refractivity contribution < 1.29 is 0 Å². The molecule has 2 heterocycles. The molecule has 0 unspecified atom stereocenters. The summed E-state index contributed by atoms with van der Waals surface area (Å²) in [5, 5.41) is 0. The Kier molecular flexibility index (Phi) is 3.06. The first-order valence-corrected chi connectivity index (χ1v) is 7.10. The van der Waals surface area contributed by atoms with Crippen LogP contribution in [-0.4, -0.2) is 14.5 Å². The zero-order chi connectivity index (χ0) is 12.5. The van der Waals surface area contributed by atoms with E-state index in [1.165, 1.54) is 37.9 Å². The fourth-order valence-electron chi connectivity index (χ4n) is 3.05. The molecule has 0 N–H and O–H groups in total. The first-order chi connectivity index (χ1) is 8.77. The van der Waals surface area contributed by atoms with E-state index in [0.717, 1.165) is 11.2 Å². The van der Waals surface area contributed by atoms with E-state index in [1.54, 1.807) is 0 Å². The Morgan fingerprint density at radius 3 is 2.72 bits per heavy atom. The zero-order valence-electron chi connectivity index (χ0n) is 11.3. The SMILES string of the molecule is CC(C)c1nc2cccnc2n1C1CCCCC1. The van der Waals surface area contributed by atoms with Gasteiger partial charge in [-0.15, -0.1) is 0 Å². The van der Waals surface area contributed by atoms with E-state index in [1.807, 2.05) is 12.3 Å². The lowest BCUT2D eigenvalue weighted by Gasteiger charge is -2.25. The highest BCUT2D eigenvalue weighted by Crippen LogP contribution is 2.33. The van der Waals surface area contributed by atoms with Crippen molar-refractivity contribution in [1.29, 1.82) is 0 Å². The molecule has 2 aromatic rings. The first kappa shape index (κ1) is 11.7. The molecule has 1 saturated carbocycles. The minimum Gasteiger partial charge on any atom is -0.309 e. The molecule has 0 radical (unpaired) electrons. The smallest absolute Gasteiger partial charge is 0.160 e. The van der Waals surface area contributed by atoms with Crippen LogP contribution in [0.3, 0.4) is 0 Å². The molecule has 1 aliphatic carbocycles. The summed E-state index contributed by atoms with van der Waals surface area (Å²) >= 11 is 0. The number of hydrogen-bond donors (Lipinski definition) is 0. The standard InChI is InChI=1S/C15H21N3/c1-11(2)14-17-13-9-6-10-16-15(13)18(14)12-7-4-3-5-8-12/h6,9-12H,3-5,7-8H2,1-2H3. The van der Waals surface area contributed by atoms with Gasteiger partial charge in [0.2, 0.25) is 0 Å². The van der Waals surface area contributed by atoms with Crippen molar-refractivity contribution in [2.75, 3.05) is 0 Å². The topological polar surface area (TPSA) is 30.7 Å². The summed E-state index contributed by atoms with van der Waals surface area (Å²) in [5.41, 5.74) is 2.12. The fourth-order valence-corrected chi connectivity index (χ4v) is 3.05. The van der Waals surface area contributed by atoms with Gasteiger partial charge in [0.05, 0.1) is 0 Å². The van der Waals surface area contributed by atoms with E-state index < -0.39 is 0 Å². The molecule has 96 valence electrons. The minimum atomic E-state index is 0.459. The summed E-state index contributed by atoms with van der Waals surface area (Å²) in [7, 11) is 0. The van der Waals surface area contributed by atoms with Crippen molar-refractivity contribution in [2.45, 2.75) is 57.9 Å². The highest BCUT2D eigenvalue weighted by atomic mass is 15.2. The molecular formula is C15H21N3. The summed E-state index contributed by atoms with van der Waals surface area (Å²) in [6, 6.07) is 4.66. The van der Waals surface area contributed by atoms with E-state index >= 15 is 0 Å². The fraction of sp³-hybridized carbons (Fsp3) is 0.600. The van der Waals surface area contributed by atoms with Gasteiger partial charge in [0.15, 0.2) is 5.65 Å². The van der Waals surface area contributed by atoms with E-state index in [-0.39, 0.29) is 0 Å². The van der Waals surface area contributed by atoms with Crippen molar-refractivity contribution >= 4 is 11.2 Å². The Morgan fingerprint density at radius 1 is 1.22 bits per heavy atom. The maximum atomic E-state index is 4.79. The number of imidazole rings is 1. The van der Waals surface area contributed by atoms with Gasteiger partial charge < -0.3 is 4.57 Å². The van der Waals surface area contributed by atoms with Crippen LogP contribution in [-0.2, 0) is 0 Å². The van der Waals surface area contributed by atoms with Gasteiger partial charge in [0, 0.05) is 18.2 Å². The Hall–Kier alpha value is -1.38. The minimum absolute atomic E-state index is 0.459. The number of pyridine rings is 1. The maximum Gasteiger partial charge on any atom is 0.160 e. The normalized spacial score (nSPS) is 17.7. The molecule has 0 bridgehead atoms. The van der Waals surface area contributed by atoms with Crippen LogP contribution in [0, 0.1) is 0 Å². The summed E-state index contributed by atoms with van der Waals surface area (Å²) in [6.07, 6.45) is 8.51. The molecule has 2 aromatic heterocycles. The van der Waals surface area contributed by atoms with Crippen molar-refractivity contribution in [2.24, 2.45) is 0 Å². The lowest BCUT2D eigenvalue weighted by molar-refractivity contribution is 0.348. The van der Waals surface area contributed by atoms with Crippen LogP contribution < -0.4 is 0 Å². The van der Waals surface area contributed by atoms with Crippen LogP contribution in [0.15, 0.2) is 18.3 Å². The Balaban J connectivity index is 2.14. The molecule has 3 nitrogen and oxygen atoms in total. The zero-order valence-corrected chi connectivity index (χ0v) is 11.3. The molecule has 3 rings (SSSR count). The number of aromatic nitrogens is 3. The third-order valence-electron chi connectivity index (χ3n) is 3.93. The number of fused-ring (bicyclic) bond motifs is 1. The molecule has 0 aliphatic heterocycles. The second kappa shape index (κ2) is 4.71. The predicted octanol–water partition coefficient (Wildman–Crippen LogP) is 4.06. The molecule has 0 spiro atoms. The summed E-state index contributed by atoms with van der Waals surface area (Å²) in [6.45, 7) is 4.45. The largest absolute Gasteiger partial charge is 0.309 e. The van der Waals surface area contributed by atoms with Gasteiger partial charge in [-0.3, -0.25) is 0 Å². The van der Waals surface area contributed by atoms with Gasteiger partial charge >= 0.3 is 0 Å². The highest BCUT2D eigenvalue weighted by molar-refractivity contribution is 5.71. The van der Waals surface area contributed by atoms with Crippen LogP contribution in [0.2, 0.25) is 0 Å². The average molecular weight is 243 g/mol. The van der Waals surface area contributed by atoms with Crippen LogP contribution >= 0.6 is 0 Å². The predicted molar refractivity (Wildman–Crippen MR) is 73.7 cm³/mol. The second-order valence-electron chi connectivity index (χ2n) is 5.63. The van der Waals surface area contributed by atoms with Gasteiger partial charge in [-0.2, -0.15) is 0 Å². The van der Waals surface area contributed by atoms with Gasteiger partial charge in [-0.05, 0) is 25.0 Å². The number of hydrogen-bond acceptors (Lipinski definition) is 2. The van der Waals surface area contributed by atoms with Gasteiger partial charge in [-0.25, -0.2) is 9.97 Å². The van der Waals surface area contributed by atoms with Crippen LogP contribution in [0.1, 0.15) is 63.7 Å². The van der Waals surface area contributed by atoms with E-state index in [9.17, 15) is 0 Å². The molecular weight excluding hydrogens is 222 g/mol. The maximum absolute atomic E-state index is 4.79. The molecule has 1 fully saturated rings. The van der Waals surface area contributed by atoms with Crippen molar-refractivity contribution in [3.8, 4) is 0 Å². The second-order valence-corrected chi connectivity index (χ2v) is 5.63. The molecule has 0 saturated heterocycles. The summed E-state index contributed by atoms with van der Waals surface area (Å²) in [5.74, 6) is 1.66. The van der Waals surface area contributed by atoms with Crippen molar-refractivity contribution in [3.63, 3.8) is 0 Å². The number of nitrogens with zero attached hydrogens (tertiary/aromatic N) is 3. The van der Waals surface area contributed by atoms with Crippen LogP contribution in [0.5, 0.6) is 0 Å². The first-order valence-electron chi connectivity index (χ1n) is 7.10. The Bertz CT molecular complexity index is 536. The molecule has 0 amide bonds. The molecule has 0 atom stereocenters. The molecule has 0 aromatic carbocycles. The lowest BCUT2D eigenvalue weighted by Crippen LogP contribution is -2.16. The highest BCUT2D eigenvalue weighted by Gasteiger charge is 2.23. The third kappa shape index (κ3) is 1.92. The van der Waals surface area contributed by atoms with Crippen molar-refractivity contribution in [3.05, 3.63) is 24.2 Å². The quantitative estimate of drug-likeness (QED) is 0.796. The average Bonchev–Trinajstić information content (AvgIpc) is 2.79. The van der Waals surface area contributed by atoms with Gasteiger partial charge in [-0.1, -0.05) is 33.1 Å². The monoisotopic (exact) mass is 243 g/mol. The van der Waals surface area contributed by atoms with Gasteiger partial charge in [0.25, 0.3) is 0 Å². The third-order valence-corrected chi connectivity index (χ3v) is 3.93. The summed E-state index contributed by atoms with van der Waals surface area (Å²) < 4.78 is 2.42. The molecule has 18 heavy (non-hydrogen) atoms. The lowest BCUT2D eigenvalue weighted by atomic mass is 9.95. The van der Waals surface area contributed by atoms with E-state index in [4.69, 9.17) is 4.98 Å².